The first-order chi connectivity index (χ1) is 11.2. The van der Waals surface area contributed by atoms with Gasteiger partial charge in [0, 0.05) is 6.54 Å². The Bertz CT molecular complexity index is 856. The molecule has 0 bridgehead atoms. The highest BCUT2D eigenvalue weighted by atomic mass is 32.2. The van der Waals surface area contributed by atoms with Gasteiger partial charge in [-0.3, -0.25) is 4.79 Å². The number of carbonyl (C=O) groups is 1. The molecule has 0 spiro atoms. The summed E-state index contributed by atoms with van der Waals surface area (Å²) in [5.74, 6) is 0.913. The molecule has 9 heteroatoms. The zero-order chi connectivity index (χ0) is 16.2. The fourth-order valence-corrected chi connectivity index (χ4v) is 3.37. The molecule has 1 N–H and O–H groups in total. The number of anilines is 1. The minimum absolute atomic E-state index is 0.124. The van der Waals surface area contributed by atoms with Gasteiger partial charge in [0.1, 0.15) is 16.9 Å². The van der Waals surface area contributed by atoms with Crippen molar-refractivity contribution in [2.24, 2.45) is 0 Å². The summed E-state index contributed by atoms with van der Waals surface area (Å²) in [4.78, 5) is 12.2. The second kappa shape index (κ2) is 6.88. The Morgan fingerprint density at radius 1 is 1.43 bits per heavy atom. The van der Waals surface area contributed by atoms with Crippen molar-refractivity contribution in [2.45, 2.75) is 18.6 Å². The van der Waals surface area contributed by atoms with Gasteiger partial charge in [0.15, 0.2) is 5.16 Å². The summed E-state index contributed by atoms with van der Waals surface area (Å²) in [6.45, 7) is 6.21. The predicted octanol–water partition coefficient (Wildman–Crippen LogP) is 2.51. The maximum Gasteiger partial charge on any atom is 0.234 e. The Hall–Kier alpha value is -2.26. The van der Waals surface area contributed by atoms with Crippen LogP contribution in [-0.4, -0.2) is 35.2 Å². The third kappa shape index (κ3) is 3.40. The fourth-order valence-electron chi connectivity index (χ4n) is 2.03. The van der Waals surface area contributed by atoms with E-state index in [9.17, 15) is 4.79 Å². The number of benzene rings is 1. The topological polar surface area (TPSA) is 85.6 Å². The molecule has 0 unspecified atom stereocenters. The van der Waals surface area contributed by atoms with Crippen LogP contribution in [0.2, 0.25) is 0 Å². The quantitative estimate of drug-likeness (QED) is 0.545. The molecule has 0 saturated carbocycles. The summed E-state index contributed by atoms with van der Waals surface area (Å²) in [5, 5.41) is 11.7. The first-order valence-corrected chi connectivity index (χ1v) is 8.55. The van der Waals surface area contributed by atoms with Crippen molar-refractivity contribution in [2.75, 3.05) is 11.1 Å². The second-order valence-electron chi connectivity index (χ2n) is 4.70. The van der Waals surface area contributed by atoms with E-state index in [-0.39, 0.29) is 11.7 Å². The van der Waals surface area contributed by atoms with Gasteiger partial charge >= 0.3 is 0 Å². The van der Waals surface area contributed by atoms with E-state index in [1.807, 2.05) is 29.7 Å². The van der Waals surface area contributed by atoms with E-state index in [2.05, 4.69) is 30.8 Å². The lowest BCUT2D eigenvalue weighted by Gasteiger charge is -2.06. The Balaban J connectivity index is 1.66. The Kier molecular flexibility index (Phi) is 4.68. The number of nitrogens with one attached hydrogen (secondary N) is 1. The number of aryl methyl sites for hydroxylation is 1. The molecule has 2 heterocycles. The average molecular weight is 346 g/mol. The zero-order valence-corrected chi connectivity index (χ0v) is 14.0. The van der Waals surface area contributed by atoms with Crippen LogP contribution in [0.4, 0.5) is 5.69 Å². The van der Waals surface area contributed by atoms with Crippen molar-refractivity contribution in [1.82, 2.24) is 23.5 Å². The van der Waals surface area contributed by atoms with Crippen LogP contribution in [0.1, 0.15) is 5.82 Å². The first kappa shape index (κ1) is 15.6. The number of hydrogen-bond acceptors (Lipinski definition) is 7. The Labute approximate surface area is 141 Å². The summed E-state index contributed by atoms with van der Waals surface area (Å²) in [6, 6.07) is 5.52. The van der Waals surface area contributed by atoms with Crippen LogP contribution in [0.3, 0.4) is 0 Å². The van der Waals surface area contributed by atoms with E-state index in [1.54, 1.807) is 6.08 Å². The van der Waals surface area contributed by atoms with Crippen LogP contribution in [0.5, 0.6) is 0 Å². The van der Waals surface area contributed by atoms with Gasteiger partial charge in [0.2, 0.25) is 5.91 Å². The number of fused-ring (bicyclic) bond motifs is 1. The molecule has 0 saturated heterocycles. The molecule has 7 nitrogen and oxygen atoms in total. The highest BCUT2D eigenvalue weighted by Gasteiger charge is 2.12. The Morgan fingerprint density at radius 3 is 3.13 bits per heavy atom. The standard InChI is InChI=1S/C14H14N6OS2/c1-3-7-20-9(2)16-17-14(20)22-8-12(21)15-10-5-4-6-11-13(10)19-23-18-11/h3-6H,1,7-8H2,2H3,(H,15,21). The van der Waals surface area contributed by atoms with Gasteiger partial charge in [-0.2, -0.15) is 8.75 Å². The van der Waals surface area contributed by atoms with E-state index >= 15 is 0 Å². The van der Waals surface area contributed by atoms with Gasteiger partial charge in [-0.25, -0.2) is 0 Å². The van der Waals surface area contributed by atoms with Crippen molar-refractivity contribution < 1.29 is 4.79 Å². The largest absolute Gasteiger partial charge is 0.323 e. The van der Waals surface area contributed by atoms with Crippen LogP contribution in [0.25, 0.3) is 11.0 Å². The lowest BCUT2D eigenvalue weighted by Crippen LogP contribution is -2.15. The van der Waals surface area contributed by atoms with Gasteiger partial charge in [-0.15, -0.1) is 16.8 Å². The second-order valence-corrected chi connectivity index (χ2v) is 6.17. The number of nitrogens with zero attached hydrogens (tertiary/aromatic N) is 5. The zero-order valence-electron chi connectivity index (χ0n) is 12.4. The molecule has 0 aliphatic heterocycles. The molecule has 0 aliphatic rings. The normalized spacial score (nSPS) is 10.8. The molecule has 1 aromatic carbocycles. The molecule has 3 rings (SSSR count). The molecule has 1 amide bonds. The third-order valence-electron chi connectivity index (χ3n) is 3.11. The molecule has 0 atom stereocenters. The molecule has 23 heavy (non-hydrogen) atoms. The highest BCUT2D eigenvalue weighted by molar-refractivity contribution is 7.99. The van der Waals surface area contributed by atoms with Gasteiger partial charge in [-0.1, -0.05) is 23.9 Å². The van der Waals surface area contributed by atoms with Crippen LogP contribution in [0.15, 0.2) is 36.0 Å². The summed E-state index contributed by atoms with van der Waals surface area (Å²) in [5.41, 5.74) is 2.16. The number of carbonyl (C=O) groups excluding carboxylic acids is 1. The van der Waals surface area contributed by atoms with Crippen molar-refractivity contribution in [3.8, 4) is 0 Å². The molecule has 0 aliphatic carbocycles. The lowest BCUT2D eigenvalue weighted by molar-refractivity contribution is -0.113. The smallest absolute Gasteiger partial charge is 0.234 e. The molecular weight excluding hydrogens is 332 g/mol. The van der Waals surface area contributed by atoms with Gasteiger partial charge < -0.3 is 9.88 Å². The lowest BCUT2D eigenvalue weighted by atomic mass is 10.2. The summed E-state index contributed by atoms with van der Waals surface area (Å²) in [6.07, 6.45) is 1.77. The minimum atomic E-state index is -0.124. The van der Waals surface area contributed by atoms with E-state index in [1.165, 1.54) is 11.8 Å². The maximum atomic E-state index is 12.2. The van der Waals surface area contributed by atoms with Gasteiger partial charge in [-0.05, 0) is 19.1 Å². The van der Waals surface area contributed by atoms with Crippen molar-refractivity contribution in [1.29, 1.82) is 0 Å². The molecule has 0 fully saturated rings. The van der Waals surface area contributed by atoms with E-state index in [4.69, 9.17) is 0 Å². The Morgan fingerprint density at radius 2 is 2.30 bits per heavy atom. The molecule has 3 aromatic rings. The predicted molar refractivity (Wildman–Crippen MR) is 91.7 cm³/mol. The fraction of sp³-hybridized carbons (Fsp3) is 0.214. The number of allylic oxidation sites excluding steroid dienone is 1. The van der Waals surface area contributed by atoms with Crippen molar-refractivity contribution in [3.63, 3.8) is 0 Å². The summed E-state index contributed by atoms with van der Waals surface area (Å²) < 4.78 is 10.3. The van der Waals surface area contributed by atoms with E-state index in [0.717, 1.165) is 23.1 Å². The monoisotopic (exact) mass is 346 g/mol. The van der Waals surface area contributed by atoms with Crippen LogP contribution < -0.4 is 5.32 Å². The number of aromatic nitrogens is 5. The van der Waals surface area contributed by atoms with E-state index < -0.39 is 0 Å². The van der Waals surface area contributed by atoms with Gasteiger partial charge in [0.25, 0.3) is 0 Å². The summed E-state index contributed by atoms with van der Waals surface area (Å²) in [7, 11) is 0. The number of amides is 1. The third-order valence-corrected chi connectivity index (χ3v) is 4.62. The minimum Gasteiger partial charge on any atom is -0.323 e. The van der Waals surface area contributed by atoms with E-state index in [0.29, 0.717) is 22.9 Å². The summed E-state index contributed by atoms with van der Waals surface area (Å²) >= 11 is 2.47. The van der Waals surface area contributed by atoms with Gasteiger partial charge in [0.05, 0.1) is 23.2 Å². The number of hydrogen-bond donors (Lipinski definition) is 1. The SMILES string of the molecule is C=CCn1c(C)nnc1SCC(=O)Nc1cccc2nsnc12. The first-order valence-electron chi connectivity index (χ1n) is 6.83. The van der Waals surface area contributed by atoms with Crippen LogP contribution >= 0.6 is 23.5 Å². The van der Waals surface area contributed by atoms with Crippen LogP contribution in [-0.2, 0) is 11.3 Å². The van der Waals surface area contributed by atoms with Crippen molar-refractivity contribution >= 4 is 46.1 Å². The molecule has 0 radical (unpaired) electrons. The van der Waals surface area contributed by atoms with Crippen LogP contribution in [0, 0.1) is 6.92 Å². The highest BCUT2D eigenvalue weighted by Crippen LogP contribution is 2.22. The molecular formula is C14H14N6OS2. The average Bonchev–Trinajstić information content (AvgIpc) is 3.14. The molecule has 118 valence electrons. The number of rotatable bonds is 6. The molecule has 2 aromatic heterocycles. The number of thioether (sulfide) groups is 1. The van der Waals surface area contributed by atoms with Crippen molar-refractivity contribution in [3.05, 3.63) is 36.7 Å². The maximum absolute atomic E-state index is 12.2.